The van der Waals surface area contributed by atoms with Gasteiger partial charge in [-0.15, -0.1) is 6.58 Å². The van der Waals surface area contributed by atoms with Gasteiger partial charge >= 0.3 is 0 Å². The van der Waals surface area contributed by atoms with Crippen molar-refractivity contribution in [2.45, 2.75) is 30.7 Å². The van der Waals surface area contributed by atoms with Crippen molar-refractivity contribution in [1.29, 1.82) is 0 Å². The van der Waals surface area contributed by atoms with E-state index >= 15 is 0 Å². The van der Waals surface area contributed by atoms with Gasteiger partial charge in [-0.1, -0.05) is 29.9 Å². The summed E-state index contributed by atoms with van der Waals surface area (Å²) in [5, 5.41) is 0. The van der Waals surface area contributed by atoms with Gasteiger partial charge in [0, 0.05) is 25.2 Å². The summed E-state index contributed by atoms with van der Waals surface area (Å²) in [5.41, 5.74) is 1.19. The van der Waals surface area contributed by atoms with Crippen molar-refractivity contribution < 1.29 is 17.9 Å². The van der Waals surface area contributed by atoms with Gasteiger partial charge in [-0.05, 0) is 49.2 Å². The highest BCUT2D eigenvalue weighted by molar-refractivity contribution is 7.89. The van der Waals surface area contributed by atoms with Crippen molar-refractivity contribution in [3.8, 4) is 5.75 Å². The summed E-state index contributed by atoms with van der Waals surface area (Å²) < 4.78 is 35.5. The van der Waals surface area contributed by atoms with Crippen molar-refractivity contribution in [3.63, 3.8) is 0 Å². The second-order valence-corrected chi connectivity index (χ2v) is 10.4. The van der Waals surface area contributed by atoms with Gasteiger partial charge in [-0.2, -0.15) is 9.30 Å². The molecule has 1 aliphatic heterocycles. The third kappa shape index (κ3) is 4.28. The molecule has 32 heavy (non-hydrogen) atoms. The molecule has 0 bridgehead atoms. The van der Waals surface area contributed by atoms with Crippen LogP contribution in [0.3, 0.4) is 0 Å². The van der Waals surface area contributed by atoms with Gasteiger partial charge in [-0.25, -0.2) is 8.42 Å². The molecule has 168 valence electrons. The number of hydrogen-bond acceptors (Lipinski definition) is 5. The van der Waals surface area contributed by atoms with Crippen molar-refractivity contribution >= 4 is 37.5 Å². The number of carbonyl (C=O) groups is 1. The van der Waals surface area contributed by atoms with Crippen molar-refractivity contribution in [2.75, 3.05) is 20.2 Å². The molecule has 0 saturated carbocycles. The fourth-order valence-electron chi connectivity index (χ4n) is 3.82. The number of sulfonamides is 1. The maximum absolute atomic E-state index is 12.9. The minimum absolute atomic E-state index is 0.198. The zero-order valence-corrected chi connectivity index (χ0v) is 19.5. The second-order valence-electron chi connectivity index (χ2n) is 7.50. The van der Waals surface area contributed by atoms with E-state index in [1.807, 2.05) is 22.8 Å². The van der Waals surface area contributed by atoms with E-state index in [1.54, 1.807) is 13.2 Å². The molecule has 2 aromatic carbocycles. The zero-order chi connectivity index (χ0) is 22.7. The number of methoxy groups -OCH3 is 1. The molecule has 0 spiro atoms. The lowest BCUT2D eigenvalue weighted by molar-refractivity contribution is 0.0997. The molecule has 0 unspecified atom stereocenters. The van der Waals surface area contributed by atoms with Crippen LogP contribution in [0.2, 0.25) is 0 Å². The third-order valence-corrected chi connectivity index (χ3v) is 8.40. The van der Waals surface area contributed by atoms with Gasteiger partial charge in [0.05, 0.1) is 16.7 Å². The van der Waals surface area contributed by atoms with E-state index in [4.69, 9.17) is 4.74 Å². The molecule has 7 nitrogen and oxygen atoms in total. The largest absolute Gasteiger partial charge is 0.495 e. The number of para-hydroxylation sites is 1. The molecule has 0 aliphatic carbocycles. The predicted molar refractivity (Wildman–Crippen MR) is 126 cm³/mol. The Labute approximate surface area is 191 Å². The minimum atomic E-state index is -3.54. The lowest BCUT2D eigenvalue weighted by Crippen LogP contribution is -2.35. The van der Waals surface area contributed by atoms with Gasteiger partial charge < -0.3 is 9.30 Å². The SMILES string of the molecule is C=CCn1c(=NC(=O)c2ccc(S(=O)(=O)N3CCCCC3)cc2)sc2cccc(OC)c21. The average molecular weight is 472 g/mol. The molecule has 0 atom stereocenters. The molecule has 1 aromatic heterocycles. The van der Waals surface area contributed by atoms with Crippen LogP contribution in [-0.2, 0) is 16.6 Å². The first-order valence-corrected chi connectivity index (χ1v) is 12.7. The van der Waals surface area contributed by atoms with Crippen LogP contribution in [0.15, 0.2) is 65.0 Å². The number of carbonyl (C=O) groups excluding carboxylic acids is 1. The standard InChI is InChI=1S/C23H25N3O4S2/c1-3-14-26-21-19(30-2)8-7-9-20(21)31-23(26)24-22(27)17-10-12-18(13-11-17)32(28,29)25-15-5-4-6-16-25/h3,7-13H,1,4-6,14-16H2,2H3. The van der Waals surface area contributed by atoms with Gasteiger partial charge in [0.15, 0.2) is 4.80 Å². The number of ether oxygens (including phenoxy) is 1. The zero-order valence-electron chi connectivity index (χ0n) is 17.9. The van der Waals surface area contributed by atoms with Gasteiger partial charge in [0.25, 0.3) is 5.91 Å². The van der Waals surface area contributed by atoms with Crippen LogP contribution < -0.4 is 9.54 Å². The van der Waals surface area contributed by atoms with Crippen LogP contribution in [0.25, 0.3) is 10.2 Å². The molecule has 0 radical (unpaired) electrons. The van der Waals surface area contributed by atoms with Crippen LogP contribution >= 0.6 is 11.3 Å². The smallest absolute Gasteiger partial charge is 0.279 e. The van der Waals surface area contributed by atoms with E-state index in [0.717, 1.165) is 29.5 Å². The Bertz CT molecular complexity index is 1320. The van der Waals surface area contributed by atoms with Crippen LogP contribution in [0.4, 0.5) is 0 Å². The first-order valence-electron chi connectivity index (χ1n) is 10.4. The van der Waals surface area contributed by atoms with Crippen molar-refractivity contribution in [2.24, 2.45) is 4.99 Å². The number of piperidine rings is 1. The van der Waals surface area contributed by atoms with Crippen LogP contribution in [0, 0.1) is 0 Å². The highest BCUT2D eigenvalue weighted by Crippen LogP contribution is 2.27. The van der Waals surface area contributed by atoms with Crippen molar-refractivity contribution in [3.05, 3.63) is 65.5 Å². The van der Waals surface area contributed by atoms with Gasteiger partial charge in [-0.3, -0.25) is 4.79 Å². The summed E-state index contributed by atoms with van der Waals surface area (Å²) in [4.78, 5) is 17.9. The molecule has 4 rings (SSSR count). The van der Waals surface area contributed by atoms with Crippen LogP contribution in [0.5, 0.6) is 5.75 Å². The molecule has 2 heterocycles. The molecule has 1 aliphatic rings. The first kappa shape index (κ1) is 22.4. The molecule has 3 aromatic rings. The summed E-state index contributed by atoms with van der Waals surface area (Å²) >= 11 is 1.39. The molecular weight excluding hydrogens is 446 g/mol. The Morgan fingerprint density at radius 2 is 1.88 bits per heavy atom. The summed E-state index contributed by atoms with van der Waals surface area (Å²) in [6.45, 7) is 5.35. The molecular formula is C23H25N3O4S2. The predicted octanol–water partition coefficient (Wildman–Crippen LogP) is 3.81. The number of thiazole rings is 1. The average Bonchev–Trinajstić information content (AvgIpc) is 3.17. The first-order chi connectivity index (χ1) is 15.5. The number of aromatic nitrogens is 1. The topological polar surface area (TPSA) is 81.0 Å². The summed E-state index contributed by atoms with van der Waals surface area (Å²) in [5.74, 6) is 0.261. The Morgan fingerprint density at radius 3 is 2.53 bits per heavy atom. The number of rotatable bonds is 6. The number of fused-ring (bicyclic) bond motifs is 1. The van der Waals surface area contributed by atoms with E-state index in [2.05, 4.69) is 11.6 Å². The van der Waals surface area contributed by atoms with Gasteiger partial charge in [0.2, 0.25) is 10.0 Å². The fourth-order valence-corrected chi connectivity index (χ4v) is 6.39. The van der Waals surface area contributed by atoms with Crippen LogP contribution in [0.1, 0.15) is 29.6 Å². The summed E-state index contributed by atoms with van der Waals surface area (Å²) in [6.07, 6.45) is 4.54. The monoisotopic (exact) mass is 471 g/mol. The Kier molecular flexibility index (Phi) is 6.59. The normalized spacial score (nSPS) is 15.7. The Hall–Kier alpha value is -2.75. The number of benzene rings is 2. The molecule has 1 amide bonds. The summed E-state index contributed by atoms with van der Waals surface area (Å²) in [6, 6.07) is 11.7. The number of hydrogen-bond donors (Lipinski definition) is 0. The van der Waals surface area contributed by atoms with Crippen molar-refractivity contribution in [1.82, 2.24) is 8.87 Å². The minimum Gasteiger partial charge on any atom is -0.495 e. The maximum atomic E-state index is 12.9. The number of amides is 1. The molecule has 9 heteroatoms. The van der Waals surface area contributed by atoms with E-state index in [9.17, 15) is 13.2 Å². The van der Waals surface area contributed by atoms with E-state index in [-0.39, 0.29) is 4.90 Å². The quantitative estimate of drug-likeness (QED) is 0.512. The summed E-state index contributed by atoms with van der Waals surface area (Å²) in [7, 11) is -1.93. The Morgan fingerprint density at radius 1 is 1.16 bits per heavy atom. The molecule has 0 N–H and O–H groups in total. The molecule has 1 fully saturated rings. The van der Waals surface area contributed by atoms with E-state index in [0.29, 0.717) is 35.7 Å². The number of allylic oxidation sites excluding steroid dienone is 1. The highest BCUT2D eigenvalue weighted by atomic mass is 32.2. The molecule has 1 saturated heterocycles. The second kappa shape index (κ2) is 9.40. The lowest BCUT2D eigenvalue weighted by atomic mass is 10.2. The van der Waals surface area contributed by atoms with Gasteiger partial charge in [0.1, 0.15) is 11.3 Å². The lowest BCUT2D eigenvalue weighted by Gasteiger charge is -2.25. The Balaban J connectivity index is 1.67. The maximum Gasteiger partial charge on any atom is 0.279 e. The van der Waals surface area contributed by atoms with Crippen LogP contribution in [-0.4, -0.2) is 43.4 Å². The van der Waals surface area contributed by atoms with E-state index < -0.39 is 15.9 Å². The number of nitrogens with zero attached hydrogens (tertiary/aromatic N) is 3. The van der Waals surface area contributed by atoms with E-state index in [1.165, 1.54) is 39.9 Å². The fraction of sp³-hybridized carbons (Fsp3) is 0.304. The third-order valence-electron chi connectivity index (χ3n) is 5.45. The highest BCUT2D eigenvalue weighted by Gasteiger charge is 2.26.